The second-order valence-corrected chi connectivity index (χ2v) is 7.39. The number of allylic oxidation sites excluding steroid dienone is 2. The molecule has 0 amide bonds. The lowest BCUT2D eigenvalue weighted by Crippen LogP contribution is -2.37. The van der Waals surface area contributed by atoms with Gasteiger partial charge in [0.25, 0.3) is 0 Å². The van der Waals surface area contributed by atoms with E-state index in [0.29, 0.717) is 38.5 Å². The highest BCUT2D eigenvalue weighted by atomic mass is 16.4. The van der Waals surface area contributed by atoms with E-state index in [1.807, 2.05) is 42.5 Å². The van der Waals surface area contributed by atoms with Crippen molar-refractivity contribution in [1.29, 1.82) is 0 Å². The first-order valence-corrected chi connectivity index (χ1v) is 9.95. The van der Waals surface area contributed by atoms with Crippen LogP contribution < -0.4 is 0 Å². The Bertz CT molecular complexity index is 679. The summed E-state index contributed by atoms with van der Waals surface area (Å²) in [5.74, 6) is -1.29. The van der Waals surface area contributed by atoms with Crippen molar-refractivity contribution in [2.24, 2.45) is 11.8 Å². The maximum absolute atomic E-state index is 12.4. The van der Waals surface area contributed by atoms with Crippen LogP contribution in [-0.2, 0) is 16.0 Å². The summed E-state index contributed by atoms with van der Waals surface area (Å²) in [4.78, 5) is 22.9. The number of Topliss-reactive ketones (excluding diaryl/α,β-unsaturated/α-hetero) is 1. The normalized spacial score (nSPS) is 24.1. The number of hydrogen-bond donors (Lipinski definition) is 3. The van der Waals surface area contributed by atoms with Crippen molar-refractivity contribution in [3.63, 3.8) is 0 Å². The highest BCUT2D eigenvalue weighted by molar-refractivity contribution is 5.82. The maximum atomic E-state index is 12.4. The minimum absolute atomic E-state index is 0.132. The van der Waals surface area contributed by atoms with E-state index in [4.69, 9.17) is 5.11 Å². The number of aliphatic hydroxyl groups excluding tert-OH is 2. The summed E-state index contributed by atoms with van der Waals surface area (Å²) in [5, 5.41) is 29.3. The first kappa shape index (κ1) is 22.1. The minimum atomic E-state index is -0.807. The monoisotopic (exact) mass is 386 g/mol. The van der Waals surface area contributed by atoms with Gasteiger partial charge in [-0.3, -0.25) is 9.59 Å². The Kier molecular flexibility index (Phi) is 9.11. The van der Waals surface area contributed by atoms with Crippen LogP contribution in [0.1, 0.15) is 44.1 Å². The first-order valence-electron chi connectivity index (χ1n) is 9.95. The molecule has 5 nitrogen and oxygen atoms in total. The summed E-state index contributed by atoms with van der Waals surface area (Å²) in [5.41, 5.74) is 1.03. The summed E-state index contributed by atoms with van der Waals surface area (Å²) in [6.45, 7) is 0. The lowest BCUT2D eigenvalue weighted by Gasteiger charge is -2.32. The quantitative estimate of drug-likeness (QED) is 0.424. The molecular weight excluding hydrogens is 356 g/mol. The third kappa shape index (κ3) is 7.41. The van der Waals surface area contributed by atoms with E-state index in [9.17, 15) is 19.8 Å². The molecule has 1 aromatic rings. The summed E-state index contributed by atoms with van der Waals surface area (Å²) in [6.07, 6.45) is 9.21. The molecular formula is C23H30O5. The smallest absolute Gasteiger partial charge is 0.303 e. The second kappa shape index (κ2) is 11.6. The van der Waals surface area contributed by atoms with Crippen LogP contribution in [-0.4, -0.2) is 39.3 Å². The molecule has 3 N–H and O–H groups in total. The average Bonchev–Trinajstić information content (AvgIpc) is 2.67. The molecule has 4 unspecified atom stereocenters. The maximum Gasteiger partial charge on any atom is 0.303 e. The van der Waals surface area contributed by atoms with Crippen LogP contribution >= 0.6 is 0 Å². The van der Waals surface area contributed by atoms with Crippen molar-refractivity contribution < 1.29 is 24.9 Å². The molecule has 0 aliphatic heterocycles. The van der Waals surface area contributed by atoms with Crippen LogP contribution in [0.3, 0.4) is 0 Å². The number of carboxylic acids is 1. The predicted octanol–water partition coefficient (Wildman–Crippen LogP) is 3.30. The van der Waals surface area contributed by atoms with Gasteiger partial charge in [-0.2, -0.15) is 0 Å². The number of aliphatic hydroxyl groups is 2. The van der Waals surface area contributed by atoms with Crippen molar-refractivity contribution in [2.75, 3.05) is 0 Å². The van der Waals surface area contributed by atoms with Crippen molar-refractivity contribution >= 4 is 11.8 Å². The molecule has 0 aromatic heterocycles. The van der Waals surface area contributed by atoms with E-state index in [1.54, 1.807) is 12.2 Å². The summed E-state index contributed by atoms with van der Waals surface area (Å²) in [6, 6.07) is 9.68. The molecule has 152 valence electrons. The molecule has 1 fully saturated rings. The Hall–Kier alpha value is -2.24. The number of unbranched alkanes of at least 4 members (excludes halogenated alkanes) is 1. The Morgan fingerprint density at radius 2 is 1.96 bits per heavy atom. The summed E-state index contributed by atoms with van der Waals surface area (Å²) >= 11 is 0. The molecule has 5 heteroatoms. The van der Waals surface area contributed by atoms with E-state index in [2.05, 4.69) is 0 Å². The van der Waals surface area contributed by atoms with Gasteiger partial charge in [-0.05, 0) is 31.2 Å². The third-order valence-corrected chi connectivity index (χ3v) is 5.17. The highest BCUT2D eigenvalue weighted by Crippen LogP contribution is 2.32. The summed E-state index contributed by atoms with van der Waals surface area (Å²) < 4.78 is 0. The second-order valence-electron chi connectivity index (χ2n) is 7.39. The average molecular weight is 386 g/mol. The van der Waals surface area contributed by atoms with Gasteiger partial charge < -0.3 is 15.3 Å². The molecule has 1 aromatic carbocycles. The van der Waals surface area contributed by atoms with Crippen molar-refractivity contribution in [2.45, 2.75) is 57.2 Å². The molecule has 4 atom stereocenters. The fourth-order valence-electron chi connectivity index (χ4n) is 3.61. The molecule has 0 radical (unpaired) electrons. The Morgan fingerprint density at radius 3 is 2.68 bits per heavy atom. The molecule has 0 bridgehead atoms. The predicted molar refractivity (Wildman–Crippen MR) is 108 cm³/mol. The highest BCUT2D eigenvalue weighted by Gasteiger charge is 2.35. The molecule has 0 saturated heterocycles. The number of carbonyl (C=O) groups is 2. The molecule has 1 aliphatic carbocycles. The van der Waals surface area contributed by atoms with Gasteiger partial charge in [-0.1, -0.05) is 54.6 Å². The third-order valence-electron chi connectivity index (χ3n) is 5.17. The van der Waals surface area contributed by atoms with Gasteiger partial charge in [-0.25, -0.2) is 0 Å². The van der Waals surface area contributed by atoms with Gasteiger partial charge in [0.05, 0.1) is 12.2 Å². The zero-order valence-electron chi connectivity index (χ0n) is 16.1. The number of benzene rings is 1. The van der Waals surface area contributed by atoms with Gasteiger partial charge in [0, 0.05) is 31.1 Å². The van der Waals surface area contributed by atoms with Crippen LogP contribution in [0, 0.1) is 11.8 Å². The van der Waals surface area contributed by atoms with E-state index in [1.165, 1.54) is 0 Å². The fourth-order valence-corrected chi connectivity index (χ4v) is 3.61. The van der Waals surface area contributed by atoms with E-state index < -0.39 is 18.2 Å². The van der Waals surface area contributed by atoms with Crippen LogP contribution in [0.4, 0.5) is 0 Å². The molecule has 1 aliphatic rings. The van der Waals surface area contributed by atoms with Crippen molar-refractivity contribution in [3.8, 4) is 0 Å². The number of rotatable bonds is 10. The fraction of sp³-hybridized carbons (Fsp3) is 0.478. The van der Waals surface area contributed by atoms with Crippen LogP contribution in [0.2, 0.25) is 0 Å². The largest absolute Gasteiger partial charge is 0.481 e. The first-order chi connectivity index (χ1) is 13.5. The van der Waals surface area contributed by atoms with Crippen LogP contribution in [0.5, 0.6) is 0 Å². The number of ketones is 1. The molecule has 0 spiro atoms. The Morgan fingerprint density at radius 1 is 1.21 bits per heavy atom. The zero-order valence-corrected chi connectivity index (χ0v) is 16.1. The molecule has 1 saturated carbocycles. The standard InChI is InChI=1S/C23H30O5/c24-18(16-17-8-4-3-5-9-17)12-13-20-19(21(25)14-15-22(20)26)10-6-1-2-7-11-23(27)28/h1,3-6,8-9,12-13,18-20,22,24,26H,2,7,10-11,14-16H2,(H,27,28)/b6-1+,13-12+. The topological polar surface area (TPSA) is 94.8 Å². The number of hydrogen-bond acceptors (Lipinski definition) is 4. The van der Waals surface area contributed by atoms with E-state index in [-0.39, 0.29) is 24.0 Å². The van der Waals surface area contributed by atoms with Crippen LogP contribution in [0.15, 0.2) is 54.6 Å². The van der Waals surface area contributed by atoms with E-state index in [0.717, 1.165) is 5.56 Å². The molecule has 28 heavy (non-hydrogen) atoms. The lowest BCUT2D eigenvalue weighted by atomic mass is 9.74. The summed E-state index contributed by atoms with van der Waals surface area (Å²) in [7, 11) is 0. The Labute approximate surface area is 166 Å². The SMILES string of the molecule is O=C(O)CCC/C=C/CC1C(=O)CCC(O)C1/C=C/C(O)Cc1ccccc1. The number of aliphatic carboxylic acids is 1. The van der Waals surface area contributed by atoms with Gasteiger partial charge >= 0.3 is 5.97 Å². The zero-order chi connectivity index (χ0) is 20.4. The van der Waals surface area contributed by atoms with Crippen LogP contribution in [0.25, 0.3) is 0 Å². The van der Waals surface area contributed by atoms with Gasteiger partial charge in [-0.15, -0.1) is 0 Å². The number of carbonyl (C=O) groups excluding carboxylic acids is 1. The lowest BCUT2D eigenvalue weighted by molar-refractivity contribution is -0.137. The molecule has 0 heterocycles. The molecule has 2 rings (SSSR count). The van der Waals surface area contributed by atoms with Gasteiger partial charge in [0.15, 0.2) is 0 Å². The van der Waals surface area contributed by atoms with Crippen molar-refractivity contribution in [3.05, 3.63) is 60.2 Å². The Balaban J connectivity index is 1.92. The number of carboxylic acid groups (broad SMARTS) is 1. The van der Waals surface area contributed by atoms with Gasteiger partial charge in [0.1, 0.15) is 5.78 Å². The van der Waals surface area contributed by atoms with Gasteiger partial charge in [0.2, 0.25) is 0 Å². The van der Waals surface area contributed by atoms with E-state index >= 15 is 0 Å². The van der Waals surface area contributed by atoms with Crippen molar-refractivity contribution in [1.82, 2.24) is 0 Å². The minimum Gasteiger partial charge on any atom is -0.481 e.